The van der Waals surface area contributed by atoms with Crippen molar-refractivity contribution in [2.24, 2.45) is 5.92 Å². The maximum atomic E-state index is 12.0. The topological polar surface area (TPSA) is 72.8 Å². The average molecular weight is 274 g/mol. The van der Waals surface area contributed by atoms with Crippen LogP contribution < -0.4 is 0 Å². The van der Waals surface area contributed by atoms with E-state index in [9.17, 15) is 14.7 Å². The molecular weight excluding hydrogens is 248 g/mol. The van der Waals surface area contributed by atoms with Crippen LogP contribution in [0.3, 0.4) is 0 Å². The molecule has 0 aliphatic carbocycles. The van der Waals surface area contributed by atoms with Gasteiger partial charge in [0.25, 0.3) is 0 Å². The second-order valence-electron chi connectivity index (χ2n) is 5.80. The molecule has 0 amide bonds. The third kappa shape index (κ3) is 7.15. The lowest BCUT2D eigenvalue weighted by atomic mass is 9.89. The summed E-state index contributed by atoms with van der Waals surface area (Å²) in [6.45, 7) is 10.5. The van der Waals surface area contributed by atoms with Gasteiger partial charge in [-0.05, 0) is 40.0 Å². The molecule has 5 nitrogen and oxygen atoms in total. The van der Waals surface area contributed by atoms with Gasteiger partial charge < -0.3 is 14.6 Å². The van der Waals surface area contributed by atoms with E-state index < -0.39 is 17.5 Å². The molecule has 0 rings (SSSR count). The minimum atomic E-state index is -1.82. The number of carbonyl (C=O) groups excluding carboxylic acids is 2. The lowest BCUT2D eigenvalue weighted by Crippen LogP contribution is -2.44. The standard InChI is InChI=1S/C14H26O5/c1-9(2)7-14(17,13(16)19-11(5)6)8-12(15)18-10(3)4/h9-11,17H,7-8H2,1-6H3/t14-/m1/s1. The molecule has 0 heterocycles. The quantitative estimate of drug-likeness (QED) is 0.719. The highest BCUT2D eigenvalue weighted by molar-refractivity contribution is 5.85. The minimum Gasteiger partial charge on any atom is -0.463 e. The molecule has 0 aromatic carbocycles. The summed E-state index contributed by atoms with van der Waals surface area (Å²) >= 11 is 0. The highest BCUT2D eigenvalue weighted by atomic mass is 16.6. The monoisotopic (exact) mass is 274 g/mol. The van der Waals surface area contributed by atoms with Crippen LogP contribution in [0.4, 0.5) is 0 Å². The van der Waals surface area contributed by atoms with Gasteiger partial charge in [0.05, 0.1) is 18.6 Å². The largest absolute Gasteiger partial charge is 0.463 e. The SMILES string of the molecule is CC(C)C[C@@](O)(CC(=O)OC(C)C)C(=O)OC(C)C. The number of ether oxygens (including phenoxy) is 2. The zero-order chi connectivity index (χ0) is 15.2. The zero-order valence-electron chi connectivity index (χ0n) is 12.7. The minimum absolute atomic E-state index is 0.0524. The number of rotatable bonds is 7. The summed E-state index contributed by atoms with van der Waals surface area (Å²) in [6.07, 6.45) is -0.843. The molecule has 0 aromatic rings. The number of carbonyl (C=O) groups is 2. The van der Waals surface area contributed by atoms with Gasteiger partial charge in [0.15, 0.2) is 5.60 Å². The fraction of sp³-hybridized carbons (Fsp3) is 0.857. The van der Waals surface area contributed by atoms with Gasteiger partial charge >= 0.3 is 11.9 Å². The van der Waals surface area contributed by atoms with Crippen LogP contribution in [0.25, 0.3) is 0 Å². The first-order valence-electron chi connectivity index (χ1n) is 6.69. The Hall–Kier alpha value is -1.10. The lowest BCUT2D eigenvalue weighted by molar-refractivity contribution is -0.178. The number of hydrogen-bond donors (Lipinski definition) is 1. The fourth-order valence-corrected chi connectivity index (χ4v) is 1.77. The smallest absolute Gasteiger partial charge is 0.338 e. The van der Waals surface area contributed by atoms with Crippen LogP contribution in [0.1, 0.15) is 54.4 Å². The first-order valence-corrected chi connectivity index (χ1v) is 6.69. The van der Waals surface area contributed by atoms with E-state index in [4.69, 9.17) is 9.47 Å². The van der Waals surface area contributed by atoms with Crippen molar-refractivity contribution in [2.45, 2.75) is 72.2 Å². The highest BCUT2D eigenvalue weighted by Crippen LogP contribution is 2.24. The second kappa shape index (κ2) is 7.48. The summed E-state index contributed by atoms with van der Waals surface area (Å²) in [4.78, 5) is 23.6. The van der Waals surface area contributed by atoms with Crippen LogP contribution in [-0.2, 0) is 19.1 Å². The van der Waals surface area contributed by atoms with E-state index in [0.717, 1.165) is 0 Å². The average Bonchev–Trinajstić information content (AvgIpc) is 2.12. The van der Waals surface area contributed by atoms with Crippen LogP contribution in [0.15, 0.2) is 0 Å². The first kappa shape index (κ1) is 17.9. The molecular formula is C14H26O5. The highest BCUT2D eigenvalue weighted by Gasteiger charge is 2.41. The predicted octanol–water partition coefficient (Wildman–Crippen LogP) is 2.06. The van der Waals surface area contributed by atoms with E-state index in [2.05, 4.69) is 0 Å². The van der Waals surface area contributed by atoms with E-state index in [0.29, 0.717) is 0 Å². The van der Waals surface area contributed by atoms with Crippen LogP contribution in [0.5, 0.6) is 0 Å². The van der Waals surface area contributed by atoms with Gasteiger partial charge in [-0.15, -0.1) is 0 Å². The Labute approximate surface area is 115 Å². The molecule has 0 saturated carbocycles. The van der Waals surface area contributed by atoms with E-state index in [-0.39, 0.29) is 31.0 Å². The van der Waals surface area contributed by atoms with E-state index in [1.807, 2.05) is 13.8 Å². The molecule has 0 saturated heterocycles. The molecule has 0 unspecified atom stereocenters. The van der Waals surface area contributed by atoms with E-state index >= 15 is 0 Å². The number of aliphatic hydroxyl groups is 1. The summed E-state index contributed by atoms with van der Waals surface area (Å²) in [5.74, 6) is -1.31. The Balaban J connectivity index is 4.86. The van der Waals surface area contributed by atoms with E-state index in [1.165, 1.54) is 0 Å². The molecule has 0 aliphatic heterocycles. The third-order valence-corrected chi connectivity index (χ3v) is 2.27. The molecule has 5 heteroatoms. The molecule has 0 fully saturated rings. The summed E-state index contributed by atoms with van der Waals surface area (Å²) in [5, 5.41) is 10.4. The molecule has 0 radical (unpaired) electrons. The van der Waals surface area contributed by atoms with Crippen LogP contribution in [-0.4, -0.2) is 34.9 Å². The first-order chi connectivity index (χ1) is 8.56. The Morgan fingerprint density at radius 2 is 1.47 bits per heavy atom. The molecule has 19 heavy (non-hydrogen) atoms. The van der Waals surface area contributed by atoms with Gasteiger partial charge in [-0.3, -0.25) is 4.79 Å². The fourth-order valence-electron chi connectivity index (χ4n) is 1.77. The Morgan fingerprint density at radius 3 is 1.84 bits per heavy atom. The van der Waals surface area contributed by atoms with Crippen molar-refractivity contribution >= 4 is 11.9 Å². The maximum absolute atomic E-state index is 12.0. The van der Waals surface area contributed by atoms with Gasteiger partial charge in [-0.25, -0.2) is 4.79 Å². The summed E-state index contributed by atoms with van der Waals surface area (Å²) in [7, 11) is 0. The molecule has 0 bridgehead atoms. The third-order valence-electron chi connectivity index (χ3n) is 2.27. The predicted molar refractivity (Wildman–Crippen MR) is 71.5 cm³/mol. The van der Waals surface area contributed by atoms with Gasteiger partial charge in [0.2, 0.25) is 0 Å². The van der Waals surface area contributed by atoms with Gasteiger partial charge in [-0.2, -0.15) is 0 Å². The van der Waals surface area contributed by atoms with Gasteiger partial charge in [0.1, 0.15) is 0 Å². The maximum Gasteiger partial charge on any atom is 0.338 e. The van der Waals surface area contributed by atoms with Gasteiger partial charge in [0, 0.05) is 0 Å². The van der Waals surface area contributed by atoms with Crippen molar-refractivity contribution in [3.8, 4) is 0 Å². The molecule has 0 spiro atoms. The molecule has 112 valence electrons. The summed E-state index contributed by atoms with van der Waals surface area (Å²) in [5.41, 5.74) is -1.82. The molecule has 0 aromatic heterocycles. The summed E-state index contributed by atoms with van der Waals surface area (Å²) in [6, 6.07) is 0. The van der Waals surface area contributed by atoms with Crippen molar-refractivity contribution in [1.82, 2.24) is 0 Å². The van der Waals surface area contributed by atoms with Crippen molar-refractivity contribution < 1.29 is 24.2 Å². The Morgan fingerprint density at radius 1 is 1.00 bits per heavy atom. The number of hydrogen-bond acceptors (Lipinski definition) is 5. The van der Waals surface area contributed by atoms with Crippen LogP contribution in [0.2, 0.25) is 0 Å². The Bertz CT molecular complexity index is 309. The van der Waals surface area contributed by atoms with Crippen LogP contribution >= 0.6 is 0 Å². The molecule has 1 N–H and O–H groups in total. The molecule has 0 aliphatic rings. The normalized spacial score (nSPS) is 14.6. The van der Waals surface area contributed by atoms with Crippen molar-refractivity contribution in [2.75, 3.05) is 0 Å². The van der Waals surface area contributed by atoms with Gasteiger partial charge in [-0.1, -0.05) is 13.8 Å². The second-order valence-corrected chi connectivity index (χ2v) is 5.80. The number of esters is 2. The van der Waals surface area contributed by atoms with E-state index in [1.54, 1.807) is 27.7 Å². The zero-order valence-corrected chi connectivity index (χ0v) is 12.7. The lowest BCUT2D eigenvalue weighted by Gasteiger charge is -2.28. The Kier molecular flexibility index (Phi) is 7.05. The molecule has 1 atom stereocenters. The summed E-state index contributed by atoms with van der Waals surface area (Å²) < 4.78 is 10.0. The van der Waals surface area contributed by atoms with Crippen molar-refractivity contribution in [3.05, 3.63) is 0 Å². The van der Waals surface area contributed by atoms with Crippen LogP contribution in [0, 0.1) is 5.92 Å². The van der Waals surface area contributed by atoms with Crippen molar-refractivity contribution in [1.29, 1.82) is 0 Å². The van der Waals surface area contributed by atoms with Crippen molar-refractivity contribution in [3.63, 3.8) is 0 Å².